The highest BCUT2D eigenvalue weighted by Crippen LogP contribution is 2.13. The molecule has 0 unspecified atom stereocenters. The molecule has 1 rings (SSSR count). The monoisotopic (exact) mass is 405 g/mol. The van der Waals surface area contributed by atoms with Crippen LogP contribution in [-0.2, 0) is 6.54 Å². The number of ether oxygens (including phenoxy) is 1. The van der Waals surface area contributed by atoms with Crippen molar-refractivity contribution in [2.75, 3.05) is 20.2 Å². The average molecular weight is 405 g/mol. The molecule has 0 bridgehead atoms. The summed E-state index contributed by atoms with van der Waals surface area (Å²) >= 11 is 0. The van der Waals surface area contributed by atoms with E-state index in [1.165, 1.54) is 12.0 Å². The van der Waals surface area contributed by atoms with Gasteiger partial charge in [0.25, 0.3) is 0 Å². The van der Waals surface area contributed by atoms with E-state index >= 15 is 0 Å². The van der Waals surface area contributed by atoms with Gasteiger partial charge in [0, 0.05) is 20.1 Å². The summed E-state index contributed by atoms with van der Waals surface area (Å²) in [4.78, 5) is 4.21. The van der Waals surface area contributed by atoms with Crippen LogP contribution >= 0.6 is 24.0 Å². The Kier molecular flexibility index (Phi) is 12.1. The second kappa shape index (κ2) is 12.7. The lowest BCUT2D eigenvalue weighted by Crippen LogP contribution is -2.37. The number of nitrogens with zero attached hydrogens (tertiary/aromatic N) is 1. The van der Waals surface area contributed by atoms with Crippen LogP contribution in [0.3, 0.4) is 0 Å². The number of guanidine groups is 1. The van der Waals surface area contributed by atoms with Gasteiger partial charge in [-0.2, -0.15) is 0 Å². The number of aliphatic imine (C=N–C) groups is 1. The molecule has 1 aromatic carbocycles. The predicted octanol–water partition coefficient (Wildman–Crippen LogP) is 3.56. The van der Waals surface area contributed by atoms with Crippen LogP contribution in [0.5, 0.6) is 5.75 Å². The Balaban J connectivity index is 0.00000400. The maximum atomic E-state index is 5.63. The summed E-state index contributed by atoms with van der Waals surface area (Å²) in [5.74, 6) is 1.78. The molecule has 0 aliphatic carbocycles. The van der Waals surface area contributed by atoms with E-state index in [0.29, 0.717) is 0 Å². The Morgan fingerprint density at radius 2 is 2.00 bits per heavy atom. The number of benzene rings is 1. The molecule has 0 atom stereocenters. The smallest absolute Gasteiger partial charge is 0.191 e. The van der Waals surface area contributed by atoms with Gasteiger partial charge < -0.3 is 15.4 Å². The molecule has 0 aromatic heterocycles. The van der Waals surface area contributed by atoms with Gasteiger partial charge in [0.2, 0.25) is 0 Å². The van der Waals surface area contributed by atoms with Gasteiger partial charge in [-0.1, -0.05) is 32.4 Å². The zero-order valence-corrected chi connectivity index (χ0v) is 15.6. The summed E-state index contributed by atoms with van der Waals surface area (Å²) in [5.41, 5.74) is 1.19. The third-order valence-corrected chi connectivity index (χ3v) is 2.88. The van der Waals surface area contributed by atoms with E-state index < -0.39 is 0 Å². The lowest BCUT2D eigenvalue weighted by molar-refractivity contribution is 0.317. The number of halogens is 1. The molecule has 0 amide bonds. The van der Waals surface area contributed by atoms with Crippen LogP contribution in [0.15, 0.2) is 29.3 Å². The first-order chi connectivity index (χ1) is 9.80. The Hall–Kier alpha value is -0.980. The molecule has 0 fully saturated rings. The van der Waals surface area contributed by atoms with Crippen LogP contribution in [0.25, 0.3) is 0 Å². The van der Waals surface area contributed by atoms with E-state index in [9.17, 15) is 0 Å². The quantitative estimate of drug-likeness (QED) is 0.301. The molecule has 0 heterocycles. The zero-order chi connectivity index (χ0) is 14.6. The van der Waals surface area contributed by atoms with E-state index in [2.05, 4.69) is 41.6 Å². The van der Waals surface area contributed by atoms with Gasteiger partial charge in [0.15, 0.2) is 5.96 Å². The van der Waals surface area contributed by atoms with Gasteiger partial charge in [-0.3, -0.25) is 4.99 Å². The molecule has 5 heteroatoms. The van der Waals surface area contributed by atoms with E-state index in [1.54, 1.807) is 7.05 Å². The molecule has 0 aliphatic rings. The van der Waals surface area contributed by atoms with Crippen LogP contribution in [0.4, 0.5) is 0 Å². The van der Waals surface area contributed by atoms with E-state index in [4.69, 9.17) is 4.74 Å². The number of unbranched alkanes of at least 4 members (excludes halogenated alkanes) is 1. The van der Waals surface area contributed by atoms with Crippen LogP contribution in [0.2, 0.25) is 0 Å². The Labute approximate surface area is 145 Å². The number of hydrogen-bond acceptors (Lipinski definition) is 2. The molecule has 0 saturated heterocycles. The van der Waals surface area contributed by atoms with E-state index in [1.807, 2.05) is 12.1 Å². The molecule has 2 N–H and O–H groups in total. The Morgan fingerprint density at radius 1 is 1.19 bits per heavy atom. The summed E-state index contributed by atoms with van der Waals surface area (Å²) in [6, 6.07) is 8.18. The minimum atomic E-state index is 0. The first kappa shape index (κ1) is 20.0. The SMILES string of the molecule is CCCCNC(=NC)NCc1cccc(OCCC)c1.I. The Bertz CT molecular complexity index is 410. The van der Waals surface area contributed by atoms with Crippen LogP contribution in [0, 0.1) is 0 Å². The minimum Gasteiger partial charge on any atom is -0.494 e. The van der Waals surface area contributed by atoms with Gasteiger partial charge in [-0.05, 0) is 30.5 Å². The van der Waals surface area contributed by atoms with Crippen molar-refractivity contribution in [1.82, 2.24) is 10.6 Å². The fourth-order valence-corrected chi connectivity index (χ4v) is 1.76. The van der Waals surface area contributed by atoms with Gasteiger partial charge in [-0.15, -0.1) is 24.0 Å². The molecule has 0 spiro atoms. The maximum Gasteiger partial charge on any atom is 0.191 e. The lowest BCUT2D eigenvalue weighted by atomic mass is 10.2. The highest BCUT2D eigenvalue weighted by atomic mass is 127. The summed E-state index contributed by atoms with van der Waals surface area (Å²) in [6.07, 6.45) is 3.36. The van der Waals surface area contributed by atoms with Crippen molar-refractivity contribution in [3.8, 4) is 5.75 Å². The number of hydrogen-bond donors (Lipinski definition) is 2. The zero-order valence-electron chi connectivity index (χ0n) is 13.3. The van der Waals surface area contributed by atoms with Crippen molar-refractivity contribution < 1.29 is 4.74 Å². The second-order valence-corrected chi connectivity index (χ2v) is 4.70. The third kappa shape index (κ3) is 8.80. The largest absolute Gasteiger partial charge is 0.494 e. The predicted molar refractivity (Wildman–Crippen MR) is 101 cm³/mol. The summed E-state index contributed by atoms with van der Waals surface area (Å²) in [6.45, 7) is 6.75. The van der Waals surface area contributed by atoms with Crippen molar-refractivity contribution in [2.24, 2.45) is 4.99 Å². The minimum absolute atomic E-state index is 0. The van der Waals surface area contributed by atoms with E-state index in [0.717, 1.165) is 44.2 Å². The molecule has 0 radical (unpaired) electrons. The van der Waals surface area contributed by atoms with Crippen molar-refractivity contribution in [2.45, 2.75) is 39.7 Å². The highest BCUT2D eigenvalue weighted by Gasteiger charge is 1.99. The molecule has 1 aromatic rings. The van der Waals surface area contributed by atoms with Crippen LogP contribution < -0.4 is 15.4 Å². The van der Waals surface area contributed by atoms with Gasteiger partial charge in [0.1, 0.15) is 5.75 Å². The van der Waals surface area contributed by atoms with Crippen LogP contribution in [0.1, 0.15) is 38.7 Å². The van der Waals surface area contributed by atoms with Crippen LogP contribution in [-0.4, -0.2) is 26.2 Å². The van der Waals surface area contributed by atoms with Gasteiger partial charge in [-0.25, -0.2) is 0 Å². The fraction of sp³-hybridized carbons (Fsp3) is 0.562. The summed E-state index contributed by atoms with van der Waals surface area (Å²) in [7, 11) is 1.79. The fourth-order valence-electron chi connectivity index (χ4n) is 1.76. The standard InChI is InChI=1S/C16H27N3O.HI/c1-4-6-10-18-16(17-3)19-13-14-8-7-9-15(12-14)20-11-5-2;/h7-9,12H,4-6,10-11,13H2,1-3H3,(H2,17,18,19);1H. The first-order valence-electron chi connectivity index (χ1n) is 7.46. The number of rotatable bonds is 8. The summed E-state index contributed by atoms with van der Waals surface area (Å²) < 4.78 is 5.63. The second-order valence-electron chi connectivity index (χ2n) is 4.70. The maximum absolute atomic E-state index is 5.63. The average Bonchev–Trinajstić information content (AvgIpc) is 2.49. The molecular formula is C16H28IN3O. The third-order valence-electron chi connectivity index (χ3n) is 2.88. The lowest BCUT2D eigenvalue weighted by Gasteiger charge is -2.12. The highest BCUT2D eigenvalue weighted by molar-refractivity contribution is 14.0. The van der Waals surface area contributed by atoms with Crippen molar-refractivity contribution in [3.05, 3.63) is 29.8 Å². The normalized spacial score (nSPS) is 10.7. The van der Waals surface area contributed by atoms with Gasteiger partial charge in [0.05, 0.1) is 6.61 Å². The first-order valence-corrected chi connectivity index (χ1v) is 7.46. The number of nitrogens with one attached hydrogen (secondary N) is 2. The molecule has 21 heavy (non-hydrogen) atoms. The topological polar surface area (TPSA) is 45.7 Å². The van der Waals surface area contributed by atoms with E-state index in [-0.39, 0.29) is 24.0 Å². The molecule has 0 saturated carbocycles. The molecule has 120 valence electrons. The summed E-state index contributed by atoms with van der Waals surface area (Å²) in [5, 5.41) is 6.61. The molecular weight excluding hydrogens is 377 g/mol. The van der Waals surface area contributed by atoms with Gasteiger partial charge >= 0.3 is 0 Å². The van der Waals surface area contributed by atoms with Crippen molar-refractivity contribution in [3.63, 3.8) is 0 Å². The van der Waals surface area contributed by atoms with Crippen molar-refractivity contribution in [1.29, 1.82) is 0 Å². The molecule has 0 aliphatic heterocycles. The Morgan fingerprint density at radius 3 is 2.67 bits per heavy atom. The van der Waals surface area contributed by atoms with Crippen molar-refractivity contribution >= 4 is 29.9 Å². The molecule has 4 nitrogen and oxygen atoms in total.